The van der Waals surface area contributed by atoms with Crippen LogP contribution < -0.4 is 15.7 Å². The minimum Gasteiger partial charge on any atom is -0.346 e. The van der Waals surface area contributed by atoms with E-state index in [0.29, 0.717) is 16.1 Å². The number of sulfonamides is 1. The number of amides is 1. The SMILES string of the molecule is CCS(=O)(=O)NCC(NC(=O)Cn1nc(-c2ccc(Cl)cc2)n(CCC(F)(F)F)c1=O)c1cccc(Cl)c1Cl. The van der Waals surface area contributed by atoms with Crippen molar-refractivity contribution in [3.05, 3.63) is 73.6 Å². The highest BCUT2D eigenvalue weighted by atomic mass is 35.5. The van der Waals surface area contributed by atoms with Crippen LogP contribution in [0.5, 0.6) is 0 Å². The van der Waals surface area contributed by atoms with Crippen molar-refractivity contribution in [3.8, 4) is 11.4 Å². The molecule has 0 aliphatic rings. The average Bonchev–Trinajstić information content (AvgIpc) is 3.17. The third-order valence-corrected chi connectivity index (χ3v) is 7.97. The number of carbonyl (C=O) groups is 1. The van der Waals surface area contributed by atoms with Crippen LogP contribution in [0.25, 0.3) is 11.4 Å². The number of nitrogens with one attached hydrogen (secondary N) is 2. The first-order chi connectivity index (χ1) is 18.2. The maximum Gasteiger partial charge on any atom is 0.390 e. The van der Waals surface area contributed by atoms with Crippen LogP contribution in [0.2, 0.25) is 15.1 Å². The molecule has 0 saturated carbocycles. The van der Waals surface area contributed by atoms with E-state index in [0.717, 1.165) is 9.25 Å². The zero-order valence-electron chi connectivity index (χ0n) is 20.3. The van der Waals surface area contributed by atoms with Gasteiger partial charge in [-0.05, 0) is 42.8 Å². The van der Waals surface area contributed by atoms with Crippen molar-refractivity contribution >= 4 is 50.7 Å². The van der Waals surface area contributed by atoms with Gasteiger partial charge in [-0.25, -0.2) is 22.6 Å². The second kappa shape index (κ2) is 12.7. The average molecular weight is 629 g/mol. The summed E-state index contributed by atoms with van der Waals surface area (Å²) in [5.74, 6) is -1.08. The molecule has 0 fully saturated rings. The Hall–Kier alpha value is -2.58. The molecule has 0 aliphatic carbocycles. The maximum atomic E-state index is 13.0. The molecule has 0 aliphatic heterocycles. The first-order valence-corrected chi connectivity index (χ1v) is 14.2. The molecule has 2 N–H and O–H groups in total. The highest BCUT2D eigenvalue weighted by Gasteiger charge is 2.29. The Bertz CT molecular complexity index is 1490. The summed E-state index contributed by atoms with van der Waals surface area (Å²) in [5.41, 5.74) is -0.319. The van der Waals surface area contributed by atoms with Gasteiger partial charge < -0.3 is 5.32 Å². The van der Waals surface area contributed by atoms with Gasteiger partial charge in [0.25, 0.3) is 0 Å². The van der Waals surface area contributed by atoms with Crippen LogP contribution in [-0.4, -0.2) is 47.1 Å². The van der Waals surface area contributed by atoms with Gasteiger partial charge in [-0.2, -0.15) is 13.2 Å². The molecule has 3 aromatic rings. The van der Waals surface area contributed by atoms with Crippen LogP contribution in [0.3, 0.4) is 0 Å². The third-order valence-electron chi connectivity index (χ3n) is 5.52. The highest BCUT2D eigenvalue weighted by molar-refractivity contribution is 7.89. The Labute approximate surface area is 236 Å². The van der Waals surface area contributed by atoms with Crippen molar-refractivity contribution < 1.29 is 26.4 Å². The third kappa shape index (κ3) is 8.45. The molecule has 39 heavy (non-hydrogen) atoms. The fraction of sp³-hybridized carbons (Fsp3) is 0.348. The lowest BCUT2D eigenvalue weighted by Crippen LogP contribution is -2.41. The molecule has 0 spiro atoms. The monoisotopic (exact) mass is 627 g/mol. The Morgan fingerprint density at radius 2 is 1.77 bits per heavy atom. The number of alkyl halides is 3. The van der Waals surface area contributed by atoms with E-state index < -0.39 is 53.3 Å². The number of benzene rings is 2. The molecule has 1 heterocycles. The van der Waals surface area contributed by atoms with Crippen molar-refractivity contribution in [2.24, 2.45) is 0 Å². The van der Waals surface area contributed by atoms with E-state index in [4.69, 9.17) is 34.8 Å². The number of aromatic nitrogens is 3. The zero-order chi connectivity index (χ0) is 29.0. The minimum atomic E-state index is -4.54. The lowest BCUT2D eigenvalue weighted by atomic mass is 10.1. The van der Waals surface area contributed by atoms with Gasteiger partial charge in [-0.1, -0.05) is 46.9 Å². The maximum absolute atomic E-state index is 13.0. The number of carbonyl (C=O) groups excluding carboxylic acids is 1. The summed E-state index contributed by atoms with van der Waals surface area (Å²) in [6, 6.07) is 9.54. The molecule has 3 rings (SSSR count). The van der Waals surface area contributed by atoms with Crippen LogP contribution in [-0.2, 0) is 27.9 Å². The quantitative estimate of drug-likeness (QED) is 0.326. The normalized spacial score (nSPS) is 12.9. The molecule has 2 aromatic carbocycles. The van der Waals surface area contributed by atoms with E-state index >= 15 is 0 Å². The second-order valence-electron chi connectivity index (χ2n) is 8.30. The standard InChI is InChI=1S/C23H23Cl3F3N5O4S/c1-2-39(37,38)30-12-18(16-4-3-5-17(25)20(16)26)31-19(35)13-34-22(36)33(11-10-23(27,28)29)21(32-34)14-6-8-15(24)9-7-14/h3-9,18,30H,2,10-13H2,1H3,(H,31,35). The van der Waals surface area contributed by atoms with Crippen LogP contribution in [0, 0.1) is 0 Å². The van der Waals surface area contributed by atoms with Gasteiger partial charge in [-0.3, -0.25) is 9.36 Å². The fourth-order valence-electron chi connectivity index (χ4n) is 3.51. The Kier molecular flexibility index (Phi) is 10.1. The minimum absolute atomic E-state index is 0.0822. The van der Waals surface area contributed by atoms with E-state index in [2.05, 4.69) is 15.1 Å². The number of halogens is 6. The van der Waals surface area contributed by atoms with Crippen LogP contribution in [0.15, 0.2) is 47.3 Å². The Morgan fingerprint density at radius 1 is 1.10 bits per heavy atom. The largest absolute Gasteiger partial charge is 0.390 e. The number of hydrogen-bond acceptors (Lipinski definition) is 5. The predicted octanol–water partition coefficient (Wildman–Crippen LogP) is 4.42. The predicted molar refractivity (Wildman–Crippen MR) is 142 cm³/mol. The summed E-state index contributed by atoms with van der Waals surface area (Å²) in [6.45, 7) is -0.246. The van der Waals surface area contributed by atoms with Crippen molar-refractivity contribution in [2.75, 3.05) is 12.3 Å². The van der Waals surface area contributed by atoms with Crippen LogP contribution >= 0.6 is 34.8 Å². The van der Waals surface area contributed by atoms with E-state index in [1.54, 1.807) is 6.07 Å². The first kappa shape index (κ1) is 31.0. The van der Waals surface area contributed by atoms with E-state index in [-0.39, 0.29) is 28.2 Å². The molecule has 1 aromatic heterocycles. The lowest BCUT2D eigenvalue weighted by molar-refractivity contribution is -0.136. The molecule has 1 amide bonds. The van der Waals surface area contributed by atoms with Gasteiger partial charge in [0, 0.05) is 23.7 Å². The summed E-state index contributed by atoms with van der Waals surface area (Å²) in [5, 5.41) is 7.30. The number of hydrogen-bond donors (Lipinski definition) is 2. The molecule has 212 valence electrons. The molecule has 9 nitrogen and oxygen atoms in total. The number of nitrogens with zero attached hydrogens (tertiary/aromatic N) is 3. The molecule has 1 atom stereocenters. The van der Waals surface area contributed by atoms with Crippen molar-refractivity contribution in [1.82, 2.24) is 24.4 Å². The molecule has 0 saturated heterocycles. The topological polar surface area (TPSA) is 115 Å². The molecular formula is C23H23Cl3F3N5O4S. The first-order valence-electron chi connectivity index (χ1n) is 11.4. The van der Waals surface area contributed by atoms with Gasteiger partial charge in [0.1, 0.15) is 6.54 Å². The molecule has 16 heteroatoms. The second-order valence-corrected chi connectivity index (χ2v) is 11.6. The van der Waals surface area contributed by atoms with Crippen LogP contribution in [0.4, 0.5) is 13.2 Å². The summed E-state index contributed by atoms with van der Waals surface area (Å²) in [4.78, 5) is 26.0. The van der Waals surface area contributed by atoms with E-state index in [1.165, 1.54) is 43.3 Å². The van der Waals surface area contributed by atoms with Crippen molar-refractivity contribution in [3.63, 3.8) is 0 Å². The van der Waals surface area contributed by atoms with Gasteiger partial charge in [0.05, 0.1) is 28.3 Å². The fourth-order valence-corrected chi connectivity index (χ4v) is 4.70. The summed E-state index contributed by atoms with van der Waals surface area (Å²) >= 11 is 18.3. The molecule has 0 radical (unpaired) electrons. The smallest absolute Gasteiger partial charge is 0.346 e. The van der Waals surface area contributed by atoms with Crippen molar-refractivity contribution in [2.45, 2.75) is 38.7 Å². The summed E-state index contributed by atoms with van der Waals surface area (Å²) in [7, 11) is -3.65. The van der Waals surface area contributed by atoms with Crippen LogP contribution in [0.1, 0.15) is 24.9 Å². The van der Waals surface area contributed by atoms with E-state index in [9.17, 15) is 31.2 Å². The summed E-state index contributed by atoms with van der Waals surface area (Å²) in [6.07, 6.45) is -5.83. The lowest BCUT2D eigenvalue weighted by Gasteiger charge is -2.21. The Balaban J connectivity index is 1.92. The highest BCUT2D eigenvalue weighted by Crippen LogP contribution is 2.30. The summed E-state index contributed by atoms with van der Waals surface area (Å²) < 4.78 is 66.7. The van der Waals surface area contributed by atoms with Gasteiger partial charge in [-0.15, -0.1) is 5.10 Å². The zero-order valence-corrected chi connectivity index (χ0v) is 23.4. The van der Waals surface area contributed by atoms with Gasteiger partial charge in [0.15, 0.2) is 5.82 Å². The van der Waals surface area contributed by atoms with Gasteiger partial charge >= 0.3 is 11.9 Å². The molecule has 0 bridgehead atoms. The molecule has 1 unspecified atom stereocenters. The Morgan fingerprint density at radius 3 is 2.38 bits per heavy atom. The van der Waals surface area contributed by atoms with Crippen molar-refractivity contribution in [1.29, 1.82) is 0 Å². The van der Waals surface area contributed by atoms with Gasteiger partial charge in [0.2, 0.25) is 15.9 Å². The van der Waals surface area contributed by atoms with E-state index in [1.807, 2.05) is 0 Å². The molecular weight excluding hydrogens is 606 g/mol. The number of rotatable bonds is 11.